The van der Waals surface area contributed by atoms with Crippen LogP contribution in [-0.4, -0.2) is 23.8 Å². The number of aromatic carboxylic acids is 1. The molecule has 0 unspecified atom stereocenters. The van der Waals surface area contributed by atoms with Crippen LogP contribution >= 0.6 is 0 Å². The van der Waals surface area contributed by atoms with Crippen LogP contribution in [0.4, 0.5) is 10.5 Å². The van der Waals surface area contributed by atoms with Gasteiger partial charge in [0.25, 0.3) is 0 Å². The lowest BCUT2D eigenvalue weighted by molar-refractivity contribution is 0.0697. The molecule has 0 aliphatic carbocycles. The number of hydrogen-bond acceptors (Lipinski definition) is 4. The van der Waals surface area contributed by atoms with Gasteiger partial charge in [0.2, 0.25) is 0 Å². The number of anilines is 1. The van der Waals surface area contributed by atoms with Gasteiger partial charge in [-0.2, -0.15) is 0 Å². The molecule has 0 saturated heterocycles. The fraction of sp³-hybridized carbons (Fsp3) is 0.310. The highest BCUT2D eigenvalue weighted by molar-refractivity contribution is 5.88. The first-order valence-electron chi connectivity index (χ1n) is 11.9. The van der Waals surface area contributed by atoms with E-state index in [9.17, 15) is 9.59 Å². The molecule has 6 nitrogen and oxygen atoms in total. The third kappa shape index (κ3) is 7.17. The van der Waals surface area contributed by atoms with Crippen LogP contribution in [-0.2, 0) is 11.3 Å². The second kappa shape index (κ2) is 12.2. The maximum atomic E-state index is 12.9. The van der Waals surface area contributed by atoms with E-state index in [4.69, 9.17) is 9.84 Å². The van der Waals surface area contributed by atoms with Crippen molar-refractivity contribution in [2.45, 2.75) is 52.1 Å². The van der Waals surface area contributed by atoms with E-state index in [1.807, 2.05) is 48.5 Å². The fourth-order valence-electron chi connectivity index (χ4n) is 3.96. The van der Waals surface area contributed by atoms with Crippen molar-refractivity contribution in [2.75, 3.05) is 11.9 Å². The normalized spacial score (nSPS) is 11.9. The lowest BCUT2D eigenvalue weighted by Gasteiger charge is -2.22. The van der Waals surface area contributed by atoms with E-state index in [0.717, 1.165) is 27.9 Å². The maximum Gasteiger partial charge on any atom is 0.411 e. The van der Waals surface area contributed by atoms with Gasteiger partial charge in [0, 0.05) is 6.54 Å². The van der Waals surface area contributed by atoms with Gasteiger partial charge in [0.15, 0.2) is 0 Å². The third-order valence-electron chi connectivity index (χ3n) is 5.94. The van der Waals surface area contributed by atoms with E-state index in [1.54, 1.807) is 24.3 Å². The summed E-state index contributed by atoms with van der Waals surface area (Å²) in [6.45, 7) is 9.06. The molecule has 0 aromatic heterocycles. The Balaban J connectivity index is 1.70. The second-order valence-electron chi connectivity index (χ2n) is 9.19. The molecular formula is C29H34N2O4. The predicted octanol–water partition coefficient (Wildman–Crippen LogP) is 6.71. The highest BCUT2D eigenvalue weighted by Gasteiger charge is 2.18. The number of carboxylic acid groups (broad SMARTS) is 1. The first kappa shape index (κ1) is 26.0. The largest absolute Gasteiger partial charge is 0.478 e. The Morgan fingerprint density at radius 1 is 0.829 bits per heavy atom. The van der Waals surface area contributed by atoms with Crippen molar-refractivity contribution in [3.8, 4) is 0 Å². The maximum absolute atomic E-state index is 12.9. The molecule has 0 bridgehead atoms. The van der Waals surface area contributed by atoms with E-state index >= 15 is 0 Å². The van der Waals surface area contributed by atoms with E-state index in [2.05, 4.69) is 38.3 Å². The zero-order chi connectivity index (χ0) is 25.4. The van der Waals surface area contributed by atoms with E-state index in [1.165, 1.54) is 0 Å². The molecule has 3 rings (SSSR count). The van der Waals surface area contributed by atoms with Crippen LogP contribution in [0.25, 0.3) is 0 Å². The first-order chi connectivity index (χ1) is 16.8. The minimum Gasteiger partial charge on any atom is -0.478 e. The zero-order valence-corrected chi connectivity index (χ0v) is 20.7. The Morgan fingerprint density at radius 2 is 1.43 bits per heavy atom. The number of para-hydroxylation sites is 1. The SMILES string of the molecule is CC(C)c1cccc(C(C)C)c1NC(=O)OC[C@H](NCc1ccc(C(=O)O)cc1)c1ccccc1. The predicted molar refractivity (Wildman–Crippen MR) is 139 cm³/mol. The van der Waals surface area contributed by atoms with Crippen molar-refractivity contribution in [3.05, 3.63) is 101 Å². The fourth-order valence-corrected chi connectivity index (χ4v) is 3.96. The van der Waals surface area contributed by atoms with Crippen molar-refractivity contribution in [3.63, 3.8) is 0 Å². The van der Waals surface area contributed by atoms with E-state index in [-0.39, 0.29) is 30.0 Å². The summed E-state index contributed by atoms with van der Waals surface area (Å²) in [6, 6.07) is 22.4. The molecular weight excluding hydrogens is 440 g/mol. The highest BCUT2D eigenvalue weighted by Crippen LogP contribution is 2.32. The van der Waals surface area contributed by atoms with E-state index < -0.39 is 12.1 Å². The van der Waals surface area contributed by atoms with Crippen LogP contribution in [0.1, 0.15) is 78.2 Å². The summed E-state index contributed by atoms with van der Waals surface area (Å²) in [5, 5.41) is 15.5. The monoisotopic (exact) mass is 474 g/mol. The number of amides is 1. The number of benzene rings is 3. The first-order valence-corrected chi connectivity index (χ1v) is 11.9. The summed E-state index contributed by atoms with van der Waals surface area (Å²) in [4.78, 5) is 23.9. The lowest BCUT2D eigenvalue weighted by Crippen LogP contribution is -2.28. The number of hydrogen-bond donors (Lipinski definition) is 3. The summed E-state index contributed by atoms with van der Waals surface area (Å²) in [5.41, 5.74) is 5.16. The van der Waals surface area contributed by atoms with E-state index in [0.29, 0.717) is 6.54 Å². The number of carbonyl (C=O) groups is 2. The van der Waals surface area contributed by atoms with Crippen molar-refractivity contribution in [1.29, 1.82) is 0 Å². The number of nitrogens with one attached hydrogen (secondary N) is 2. The molecule has 1 amide bonds. The quantitative estimate of drug-likeness (QED) is 0.304. The molecule has 0 aliphatic heterocycles. The Morgan fingerprint density at radius 3 is 1.97 bits per heavy atom. The van der Waals surface area contributed by atoms with Gasteiger partial charge in [0.1, 0.15) is 6.61 Å². The topological polar surface area (TPSA) is 87.7 Å². The molecule has 6 heteroatoms. The van der Waals surface area contributed by atoms with Gasteiger partial charge in [-0.15, -0.1) is 0 Å². The van der Waals surface area contributed by atoms with Gasteiger partial charge in [-0.05, 0) is 46.2 Å². The molecule has 3 N–H and O–H groups in total. The van der Waals surface area contributed by atoms with Crippen LogP contribution < -0.4 is 10.6 Å². The van der Waals surface area contributed by atoms with Crippen LogP contribution in [0.2, 0.25) is 0 Å². The summed E-state index contributed by atoms with van der Waals surface area (Å²) >= 11 is 0. The second-order valence-corrected chi connectivity index (χ2v) is 9.19. The summed E-state index contributed by atoms with van der Waals surface area (Å²) in [6.07, 6.45) is -0.492. The molecule has 184 valence electrons. The standard InChI is InChI=1S/C29H34N2O4/c1-19(2)24-11-8-12-25(20(3)4)27(24)31-29(34)35-18-26(22-9-6-5-7-10-22)30-17-21-13-15-23(16-14-21)28(32)33/h5-16,19-20,26,30H,17-18H2,1-4H3,(H,31,34)(H,32,33)/t26-/m0/s1. The number of rotatable bonds is 10. The zero-order valence-electron chi connectivity index (χ0n) is 20.7. The number of carbonyl (C=O) groups excluding carboxylic acids is 1. The van der Waals surface area contributed by atoms with Crippen molar-refractivity contribution >= 4 is 17.7 Å². The summed E-state index contributed by atoms with van der Waals surface area (Å²) < 4.78 is 5.68. The van der Waals surface area contributed by atoms with Gasteiger partial charge in [-0.3, -0.25) is 5.32 Å². The van der Waals surface area contributed by atoms with Gasteiger partial charge in [0.05, 0.1) is 17.3 Å². The molecule has 35 heavy (non-hydrogen) atoms. The van der Waals surface area contributed by atoms with Crippen molar-refractivity contribution in [2.24, 2.45) is 0 Å². The molecule has 3 aromatic rings. The van der Waals surface area contributed by atoms with Crippen LogP contribution in [0.3, 0.4) is 0 Å². The minimum atomic E-state index is -0.953. The summed E-state index contributed by atoms with van der Waals surface area (Å²) in [7, 11) is 0. The number of ether oxygens (including phenoxy) is 1. The summed E-state index contributed by atoms with van der Waals surface area (Å²) in [5.74, 6) is -0.434. The van der Waals surface area contributed by atoms with Gasteiger partial charge >= 0.3 is 12.1 Å². The molecule has 0 saturated carbocycles. The molecule has 0 heterocycles. The Kier molecular flexibility index (Phi) is 9.04. The van der Waals surface area contributed by atoms with Crippen LogP contribution in [0, 0.1) is 0 Å². The van der Waals surface area contributed by atoms with Gasteiger partial charge in [-0.1, -0.05) is 88.4 Å². The lowest BCUT2D eigenvalue weighted by atomic mass is 9.93. The van der Waals surface area contributed by atoms with Crippen LogP contribution in [0.5, 0.6) is 0 Å². The molecule has 0 aliphatic rings. The van der Waals surface area contributed by atoms with Crippen molar-refractivity contribution < 1.29 is 19.4 Å². The molecule has 1 atom stereocenters. The molecule has 3 aromatic carbocycles. The van der Waals surface area contributed by atoms with Gasteiger partial charge < -0.3 is 15.2 Å². The highest BCUT2D eigenvalue weighted by atomic mass is 16.5. The smallest absolute Gasteiger partial charge is 0.411 e. The average Bonchev–Trinajstić information content (AvgIpc) is 2.84. The number of carboxylic acids is 1. The third-order valence-corrected chi connectivity index (χ3v) is 5.94. The van der Waals surface area contributed by atoms with Gasteiger partial charge in [-0.25, -0.2) is 9.59 Å². The Hall–Kier alpha value is -3.64. The Labute approximate surface area is 207 Å². The molecule has 0 spiro atoms. The minimum absolute atomic E-state index is 0.143. The Bertz CT molecular complexity index is 1100. The van der Waals surface area contributed by atoms with Crippen LogP contribution in [0.15, 0.2) is 72.8 Å². The molecule has 0 fully saturated rings. The van der Waals surface area contributed by atoms with Crippen molar-refractivity contribution in [1.82, 2.24) is 5.32 Å². The average molecular weight is 475 g/mol. The molecule has 0 radical (unpaired) electrons.